The van der Waals surface area contributed by atoms with Crippen molar-refractivity contribution in [1.29, 1.82) is 0 Å². The third-order valence-corrected chi connectivity index (χ3v) is 2.11. The average molecular weight is 133 g/mol. The lowest BCUT2D eigenvalue weighted by Gasteiger charge is -2.37. The molecule has 52 valence electrons. The highest BCUT2D eigenvalue weighted by Crippen LogP contribution is 2.42. The summed E-state index contributed by atoms with van der Waals surface area (Å²) in [6.45, 7) is -0.103. The lowest BCUT2D eigenvalue weighted by Crippen LogP contribution is -2.63. The van der Waals surface area contributed by atoms with E-state index in [1.54, 1.807) is 0 Å². The molecular formula is C6H9F2N. The Hall–Kier alpha value is -0.180. The van der Waals surface area contributed by atoms with Crippen molar-refractivity contribution in [3.63, 3.8) is 0 Å². The molecule has 0 spiro atoms. The van der Waals surface area contributed by atoms with Gasteiger partial charge in [-0.15, -0.1) is 0 Å². The van der Waals surface area contributed by atoms with E-state index in [1.807, 2.05) is 0 Å². The van der Waals surface area contributed by atoms with Gasteiger partial charge in [-0.3, -0.25) is 0 Å². The molecule has 0 aromatic carbocycles. The van der Waals surface area contributed by atoms with Crippen LogP contribution in [0.5, 0.6) is 0 Å². The van der Waals surface area contributed by atoms with E-state index in [9.17, 15) is 8.78 Å². The summed E-state index contributed by atoms with van der Waals surface area (Å²) < 4.78 is 24.9. The van der Waals surface area contributed by atoms with Gasteiger partial charge in [-0.25, -0.2) is 8.78 Å². The molecule has 1 aliphatic heterocycles. The predicted molar refractivity (Wildman–Crippen MR) is 29.5 cm³/mol. The van der Waals surface area contributed by atoms with E-state index in [-0.39, 0.29) is 12.5 Å². The van der Waals surface area contributed by atoms with Crippen molar-refractivity contribution in [2.75, 3.05) is 6.54 Å². The van der Waals surface area contributed by atoms with Gasteiger partial charge in [0.25, 0.3) is 5.92 Å². The first-order valence-corrected chi connectivity index (χ1v) is 3.31. The number of nitrogens with one attached hydrogen (secondary N) is 1. The van der Waals surface area contributed by atoms with Gasteiger partial charge in [0.2, 0.25) is 0 Å². The molecular weight excluding hydrogens is 124 g/mol. The second kappa shape index (κ2) is 1.45. The maximum absolute atomic E-state index is 12.4. The zero-order chi connectivity index (χ0) is 6.48. The minimum absolute atomic E-state index is 0.103. The predicted octanol–water partition coefficient (Wildman–Crippen LogP) is 1.00. The zero-order valence-corrected chi connectivity index (χ0v) is 5.03. The molecule has 2 rings (SSSR count). The molecule has 9 heavy (non-hydrogen) atoms. The van der Waals surface area contributed by atoms with E-state index >= 15 is 0 Å². The van der Waals surface area contributed by atoms with E-state index < -0.39 is 12.0 Å². The SMILES string of the molecule is FC1(F)CN[C@H]1C1CC1. The van der Waals surface area contributed by atoms with Crippen LogP contribution in [0.4, 0.5) is 8.78 Å². The molecule has 1 N–H and O–H groups in total. The third-order valence-electron chi connectivity index (χ3n) is 2.11. The lowest BCUT2D eigenvalue weighted by molar-refractivity contribution is -0.102. The van der Waals surface area contributed by atoms with Crippen LogP contribution in [-0.4, -0.2) is 18.5 Å². The minimum Gasteiger partial charge on any atom is -0.303 e. The highest BCUT2D eigenvalue weighted by molar-refractivity contribution is 5.03. The summed E-state index contributed by atoms with van der Waals surface area (Å²) in [7, 11) is 0. The standard InChI is InChI=1S/C6H9F2N/c7-6(8)3-9-5(6)4-1-2-4/h4-5,9H,1-3H2/t5-/m0/s1. The van der Waals surface area contributed by atoms with Crippen molar-refractivity contribution >= 4 is 0 Å². The van der Waals surface area contributed by atoms with Crippen LogP contribution in [0.2, 0.25) is 0 Å². The Morgan fingerprint density at radius 1 is 1.33 bits per heavy atom. The van der Waals surface area contributed by atoms with Gasteiger partial charge in [0.15, 0.2) is 0 Å². The first kappa shape index (κ1) is 5.59. The topological polar surface area (TPSA) is 12.0 Å². The molecule has 0 aromatic rings. The van der Waals surface area contributed by atoms with Crippen molar-refractivity contribution in [3.05, 3.63) is 0 Å². The summed E-state index contributed by atoms with van der Waals surface area (Å²) in [6, 6.07) is -0.475. The molecule has 2 aliphatic rings. The van der Waals surface area contributed by atoms with E-state index in [2.05, 4.69) is 5.32 Å². The second-order valence-electron chi connectivity index (χ2n) is 2.96. The number of alkyl halides is 2. The van der Waals surface area contributed by atoms with E-state index in [0.29, 0.717) is 0 Å². The highest BCUT2D eigenvalue weighted by atomic mass is 19.3. The highest BCUT2D eigenvalue weighted by Gasteiger charge is 2.54. The molecule has 0 aromatic heterocycles. The van der Waals surface area contributed by atoms with Crippen molar-refractivity contribution in [2.45, 2.75) is 24.8 Å². The van der Waals surface area contributed by atoms with Gasteiger partial charge in [-0.1, -0.05) is 0 Å². The molecule has 2 fully saturated rings. The van der Waals surface area contributed by atoms with Crippen LogP contribution in [-0.2, 0) is 0 Å². The monoisotopic (exact) mass is 133 g/mol. The zero-order valence-electron chi connectivity index (χ0n) is 5.03. The molecule has 1 aliphatic carbocycles. The van der Waals surface area contributed by atoms with Gasteiger partial charge >= 0.3 is 0 Å². The number of halogens is 2. The normalized spacial score (nSPS) is 40.0. The Balaban J connectivity index is 1.98. The summed E-state index contributed by atoms with van der Waals surface area (Å²) >= 11 is 0. The van der Waals surface area contributed by atoms with Crippen LogP contribution < -0.4 is 5.32 Å². The van der Waals surface area contributed by atoms with Gasteiger partial charge in [-0.05, 0) is 18.8 Å². The first-order chi connectivity index (χ1) is 4.20. The van der Waals surface area contributed by atoms with Gasteiger partial charge in [-0.2, -0.15) is 0 Å². The Kier molecular flexibility index (Phi) is 0.903. The smallest absolute Gasteiger partial charge is 0.275 e. The lowest BCUT2D eigenvalue weighted by atomic mass is 9.97. The Morgan fingerprint density at radius 2 is 2.00 bits per heavy atom. The summed E-state index contributed by atoms with van der Waals surface area (Å²) in [5.41, 5.74) is 0. The minimum atomic E-state index is -2.39. The Bertz CT molecular complexity index is 131. The Labute approximate surface area is 52.4 Å². The quantitative estimate of drug-likeness (QED) is 0.562. The maximum Gasteiger partial charge on any atom is 0.275 e. The number of rotatable bonds is 1. The molecule has 1 saturated heterocycles. The maximum atomic E-state index is 12.4. The molecule has 1 heterocycles. The fraction of sp³-hybridized carbons (Fsp3) is 1.00. The van der Waals surface area contributed by atoms with Gasteiger partial charge in [0, 0.05) is 0 Å². The van der Waals surface area contributed by atoms with E-state index in [1.165, 1.54) is 0 Å². The van der Waals surface area contributed by atoms with Crippen molar-refractivity contribution in [2.24, 2.45) is 5.92 Å². The summed E-state index contributed by atoms with van der Waals surface area (Å²) in [4.78, 5) is 0. The molecule has 0 unspecified atom stereocenters. The molecule has 1 atom stereocenters. The molecule has 0 radical (unpaired) electrons. The van der Waals surface area contributed by atoms with Gasteiger partial charge in [0.1, 0.15) is 0 Å². The molecule has 1 saturated carbocycles. The molecule has 3 heteroatoms. The molecule has 0 amide bonds. The van der Waals surface area contributed by atoms with Crippen molar-refractivity contribution in [1.82, 2.24) is 5.32 Å². The van der Waals surface area contributed by atoms with E-state index in [0.717, 1.165) is 12.8 Å². The van der Waals surface area contributed by atoms with Crippen LogP contribution in [0.3, 0.4) is 0 Å². The van der Waals surface area contributed by atoms with Crippen LogP contribution in [0.1, 0.15) is 12.8 Å². The van der Waals surface area contributed by atoms with Crippen LogP contribution >= 0.6 is 0 Å². The summed E-state index contributed by atoms with van der Waals surface area (Å²) in [5, 5.41) is 2.75. The first-order valence-electron chi connectivity index (χ1n) is 3.31. The van der Waals surface area contributed by atoms with Crippen LogP contribution in [0.25, 0.3) is 0 Å². The van der Waals surface area contributed by atoms with Crippen LogP contribution in [0.15, 0.2) is 0 Å². The van der Waals surface area contributed by atoms with Crippen molar-refractivity contribution in [3.8, 4) is 0 Å². The third kappa shape index (κ3) is 0.748. The summed E-state index contributed by atoms with van der Waals surface area (Å²) in [6.07, 6.45) is 1.99. The fourth-order valence-electron chi connectivity index (χ4n) is 1.32. The molecule has 0 bridgehead atoms. The Morgan fingerprint density at radius 3 is 2.11 bits per heavy atom. The largest absolute Gasteiger partial charge is 0.303 e. The van der Waals surface area contributed by atoms with E-state index in [4.69, 9.17) is 0 Å². The van der Waals surface area contributed by atoms with Crippen LogP contribution in [0, 0.1) is 5.92 Å². The van der Waals surface area contributed by atoms with Crippen molar-refractivity contribution < 1.29 is 8.78 Å². The second-order valence-corrected chi connectivity index (χ2v) is 2.96. The van der Waals surface area contributed by atoms with Gasteiger partial charge in [0.05, 0.1) is 12.6 Å². The average Bonchev–Trinajstić information content (AvgIpc) is 2.48. The molecule has 1 nitrogen and oxygen atoms in total. The number of hydrogen-bond donors (Lipinski definition) is 1. The summed E-state index contributed by atoms with van der Waals surface area (Å²) in [5.74, 6) is -2.10. The fourth-order valence-corrected chi connectivity index (χ4v) is 1.32. The van der Waals surface area contributed by atoms with Gasteiger partial charge < -0.3 is 5.32 Å². The number of hydrogen-bond acceptors (Lipinski definition) is 1.